The number of ether oxygens (including phenoxy) is 1. The van der Waals surface area contributed by atoms with Crippen LogP contribution in [0.1, 0.15) is 18.9 Å². The minimum Gasteiger partial charge on any atom is -0.497 e. The van der Waals surface area contributed by atoms with Crippen molar-refractivity contribution in [1.82, 2.24) is 5.32 Å². The maximum Gasteiger partial charge on any atom is 0.224 e. The molecular weight excluding hydrogens is 238 g/mol. The molecule has 0 bridgehead atoms. The predicted molar refractivity (Wildman–Crippen MR) is 76.9 cm³/mol. The second kappa shape index (κ2) is 7.99. The summed E-state index contributed by atoms with van der Waals surface area (Å²) in [6.07, 6.45) is 2.20. The maximum absolute atomic E-state index is 11.6. The summed E-state index contributed by atoms with van der Waals surface area (Å²) < 4.78 is 5.07. The Morgan fingerprint density at radius 3 is 2.74 bits per heavy atom. The molecule has 0 fully saturated rings. The van der Waals surface area contributed by atoms with Crippen molar-refractivity contribution in [2.24, 2.45) is 5.92 Å². The molecule has 0 aliphatic rings. The minimum absolute atomic E-state index is 0.00364. The number of carbonyl (C=O) groups is 1. The van der Waals surface area contributed by atoms with Gasteiger partial charge in [0.05, 0.1) is 7.11 Å². The summed E-state index contributed by atoms with van der Waals surface area (Å²) in [5.74, 6) is 6.74. The van der Waals surface area contributed by atoms with Gasteiger partial charge in [-0.15, -0.1) is 6.58 Å². The third-order valence-corrected chi connectivity index (χ3v) is 2.60. The van der Waals surface area contributed by atoms with Gasteiger partial charge >= 0.3 is 0 Å². The molecule has 0 heterocycles. The molecule has 3 nitrogen and oxygen atoms in total. The fourth-order valence-electron chi connectivity index (χ4n) is 1.42. The third kappa shape index (κ3) is 5.31. The van der Waals surface area contributed by atoms with E-state index < -0.39 is 0 Å². The zero-order chi connectivity index (χ0) is 14.1. The Morgan fingerprint density at radius 1 is 1.47 bits per heavy atom. The van der Waals surface area contributed by atoms with Crippen molar-refractivity contribution in [3.05, 3.63) is 42.5 Å². The molecule has 0 aliphatic heterocycles. The van der Waals surface area contributed by atoms with Crippen LogP contribution in [0.5, 0.6) is 5.75 Å². The smallest absolute Gasteiger partial charge is 0.224 e. The topological polar surface area (TPSA) is 38.3 Å². The SMILES string of the molecule is C=CCNC(=O)C(C)CC#Cc1ccc(OC)cc1. The average molecular weight is 257 g/mol. The van der Waals surface area contributed by atoms with Gasteiger partial charge in [0.1, 0.15) is 5.75 Å². The van der Waals surface area contributed by atoms with Crippen molar-refractivity contribution >= 4 is 5.91 Å². The summed E-state index contributed by atoms with van der Waals surface area (Å²) in [4.78, 5) is 11.6. The van der Waals surface area contributed by atoms with Crippen LogP contribution in [-0.2, 0) is 4.79 Å². The summed E-state index contributed by atoms with van der Waals surface area (Å²) in [5, 5.41) is 2.75. The normalized spacial score (nSPS) is 10.8. The molecule has 0 aromatic heterocycles. The van der Waals surface area contributed by atoms with E-state index >= 15 is 0 Å². The largest absolute Gasteiger partial charge is 0.497 e. The Balaban J connectivity index is 2.49. The van der Waals surface area contributed by atoms with E-state index in [9.17, 15) is 4.79 Å². The molecule has 1 unspecified atom stereocenters. The Labute approximate surface area is 114 Å². The zero-order valence-corrected chi connectivity index (χ0v) is 11.4. The zero-order valence-electron chi connectivity index (χ0n) is 11.4. The van der Waals surface area contributed by atoms with Crippen molar-refractivity contribution in [1.29, 1.82) is 0 Å². The van der Waals surface area contributed by atoms with Crippen LogP contribution in [0.15, 0.2) is 36.9 Å². The van der Waals surface area contributed by atoms with Crippen molar-refractivity contribution in [3.63, 3.8) is 0 Å². The summed E-state index contributed by atoms with van der Waals surface area (Å²) in [6.45, 7) is 5.91. The van der Waals surface area contributed by atoms with Crippen LogP contribution in [0.2, 0.25) is 0 Å². The van der Waals surface area contributed by atoms with Crippen LogP contribution in [0.4, 0.5) is 0 Å². The van der Waals surface area contributed by atoms with Crippen molar-refractivity contribution < 1.29 is 9.53 Å². The lowest BCUT2D eigenvalue weighted by Gasteiger charge is -2.06. The highest BCUT2D eigenvalue weighted by Gasteiger charge is 2.09. The van der Waals surface area contributed by atoms with Crippen LogP contribution in [0.25, 0.3) is 0 Å². The molecule has 0 radical (unpaired) electrons. The first-order chi connectivity index (χ1) is 9.17. The van der Waals surface area contributed by atoms with E-state index in [0.717, 1.165) is 11.3 Å². The van der Waals surface area contributed by atoms with E-state index in [1.807, 2.05) is 31.2 Å². The first-order valence-electron chi connectivity index (χ1n) is 6.19. The molecule has 19 heavy (non-hydrogen) atoms. The fourth-order valence-corrected chi connectivity index (χ4v) is 1.42. The number of hydrogen-bond acceptors (Lipinski definition) is 2. The van der Waals surface area contributed by atoms with Crippen LogP contribution in [0, 0.1) is 17.8 Å². The molecule has 0 saturated heterocycles. The number of hydrogen-bond donors (Lipinski definition) is 1. The Kier molecular flexibility index (Phi) is 6.25. The monoisotopic (exact) mass is 257 g/mol. The highest BCUT2D eigenvalue weighted by Crippen LogP contribution is 2.10. The Hall–Kier alpha value is -2.21. The van der Waals surface area contributed by atoms with Gasteiger partial charge < -0.3 is 10.1 Å². The van der Waals surface area contributed by atoms with Gasteiger partial charge in [-0.25, -0.2) is 0 Å². The number of amides is 1. The van der Waals surface area contributed by atoms with Gasteiger partial charge in [-0.05, 0) is 24.3 Å². The molecular formula is C16H19NO2. The predicted octanol–water partition coefficient (Wildman–Crippen LogP) is 2.38. The van der Waals surface area contributed by atoms with E-state index in [0.29, 0.717) is 13.0 Å². The molecule has 1 N–H and O–H groups in total. The molecule has 1 atom stereocenters. The lowest BCUT2D eigenvalue weighted by Crippen LogP contribution is -2.28. The van der Waals surface area contributed by atoms with Crippen LogP contribution >= 0.6 is 0 Å². The Morgan fingerprint density at radius 2 is 2.16 bits per heavy atom. The van der Waals surface area contributed by atoms with E-state index in [-0.39, 0.29) is 11.8 Å². The van der Waals surface area contributed by atoms with Crippen LogP contribution < -0.4 is 10.1 Å². The van der Waals surface area contributed by atoms with Crippen molar-refractivity contribution in [3.8, 4) is 17.6 Å². The van der Waals surface area contributed by atoms with Gasteiger partial charge in [-0.3, -0.25) is 4.79 Å². The third-order valence-electron chi connectivity index (χ3n) is 2.60. The summed E-state index contributed by atoms with van der Waals surface area (Å²) in [6, 6.07) is 7.52. The number of carbonyl (C=O) groups excluding carboxylic acids is 1. The van der Waals surface area contributed by atoms with Gasteiger partial charge in [0, 0.05) is 24.4 Å². The Bertz CT molecular complexity index is 480. The van der Waals surface area contributed by atoms with Gasteiger partial charge in [0.2, 0.25) is 5.91 Å². The van der Waals surface area contributed by atoms with E-state index in [1.54, 1.807) is 13.2 Å². The van der Waals surface area contributed by atoms with Crippen molar-refractivity contribution in [2.45, 2.75) is 13.3 Å². The fraction of sp³-hybridized carbons (Fsp3) is 0.312. The maximum atomic E-state index is 11.6. The average Bonchev–Trinajstić information content (AvgIpc) is 2.45. The highest BCUT2D eigenvalue weighted by atomic mass is 16.5. The molecule has 0 spiro atoms. The first kappa shape index (κ1) is 14.8. The van der Waals surface area contributed by atoms with E-state index in [4.69, 9.17) is 4.74 Å². The molecule has 1 amide bonds. The highest BCUT2D eigenvalue weighted by molar-refractivity contribution is 5.78. The summed E-state index contributed by atoms with van der Waals surface area (Å²) >= 11 is 0. The number of nitrogens with one attached hydrogen (secondary N) is 1. The molecule has 1 rings (SSSR count). The number of benzene rings is 1. The molecule has 100 valence electrons. The van der Waals surface area contributed by atoms with Gasteiger partial charge in [0.25, 0.3) is 0 Å². The van der Waals surface area contributed by atoms with Gasteiger partial charge in [-0.1, -0.05) is 24.8 Å². The molecule has 1 aromatic rings. The molecule has 0 aliphatic carbocycles. The van der Waals surface area contributed by atoms with Crippen molar-refractivity contribution in [2.75, 3.05) is 13.7 Å². The second-order valence-corrected chi connectivity index (χ2v) is 4.17. The first-order valence-corrected chi connectivity index (χ1v) is 6.19. The molecule has 0 saturated carbocycles. The quantitative estimate of drug-likeness (QED) is 0.649. The van der Waals surface area contributed by atoms with E-state index in [2.05, 4.69) is 23.7 Å². The molecule has 3 heteroatoms. The lowest BCUT2D eigenvalue weighted by molar-refractivity contribution is -0.124. The second-order valence-electron chi connectivity index (χ2n) is 4.17. The van der Waals surface area contributed by atoms with Crippen LogP contribution in [-0.4, -0.2) is 19.6 Å². The van der Waals surface area contributed by atoms with Gasteiger partial charge in [-0.2, -0.15) is 0 Å². The number of methoxy groups -OCH3 is 1. The lowest BCUT2D eigenvalue weighted by atomic mass is 10.1. The minimum atomic E-state index is -0.120. The summed E-state index contributed by atoms with van der Waals surface area (Å²) in [7, 11) is 1.63. The standard InChI is InChI=1S/C16H19NO2/c1-4-12-17-16(18)13(2)6-5-7-14-8-10-15(19-3)11-9-14/h4,8-11,13H,1,6,12H2,2-3H3,(H,17,18). The number of rotatable bonds is 5. The summed E-state index contributed by atoms with van der Waals surface area (Å²) in [5.41, 5.74) is 0.916. The van der Waals surface area contributed by atoms with Crippen LogP contribution in [0.3, 0.4) is 0 Å². The van der Waals surface area contributed by atoms with E-state index in [1.165, 1.54) is 0 Å². The van der Waals surface area contributed by atoms with Gasteiger partial charge in [0.15, 0.2) is 0 Å². The molecule has 1 aromatic carbocycles.